The van der Waals surface area contributed by atoms with Crippen molar-refractivity contribution < 1.29 is 9.67 Å². The molecule has 1 aromatic carbocycles. The van der Waals surface area contributed by atoms with E-state index in [1.54, 1.807) is 6.07 Å². The summed E-state index contributed by atoms with van der Waals surface area (Å²) in [5.41, 5.74) is 3.73. The van der Waals surface area contributed by atoms with Gasteiger partial charge in [-0.3, -0.25) is 0 Å². The van der Waals surface area contributed by atoms with Crippen molar-refractivity contribution in [3.63, 3.8) is 0 Å². The molecule has 1 aromatic rings. The lowest BCUT2D eigenvalue weighted by molar-refractivity contribution is 0.474. The summed E-state index contributed by atoms with van der Waals surface area (Å²) in [6.07, 6.45) is 3.61. The molecule has 1 aliphatic heterocycles. The summed E-state index contributed by atoms with van der Waals surface area (Å²) in [7, 11) is -2.03. The molecule has 1 N–H and O–H groups in total. The summed E-state index contributed by atoms with van der Waals surface area (Å²) in [5.74, 6) is 0.334. The molecule has 2 nitrogen and oxygen atoms in total. The molecule has 3 heteroatoms. The van der Waals surface area contributed by atoms with Crippen LogP contribution >= 0.6 is 7.14 Å². The molecule has 0 radical (unpaired) electrons. The van der Waals surface area contributed by atoms with Crippen molar-refractivity contribution in [2.24, 2.45) is 0 Å². The Kier molecular flexibility index (Phi) is 2.06. The van der Waals surface area contributed by atoms with Gasteiger partial charge in [0.2, 0.25) is 0 Å². The second kappa shape index (κ2) is 3.24. The maximum atomic E-state index is 12.3. The van der Waals surface area contributed by atoms with Crippen molar-refractivity contribution in [1.29, 1.82) is 0 Å². The Hall–Kier alpha value is -1.01. The molecule has 0 aromatic heterocycles. The monoisotopic (exact) mass is 234 g/mol. The number of benzene rings is 1. The molecule has 1 unspecified atom stereocenters. The summed E-state index contributed by atoms with van der Waals surface area (Å²) in [6.45, 7) is 1.92. The Morgan fingerprint density at radius 3 is 2.88 bits per heavy atom. The molecule has 0 bridgehead atoms. The Morgan fingerprint density at radius 2 is 2.06 bits per heavy atom. The zero-order chi connectivity index (χ0) is 11.3. The van der Waals surface area contributed by atoms with E-state index in [2.05, 4.69) is 0 Å². The minimum atomic E-state index is -2.03. The molecule has 0 amide bonds. The highest BCUT2D eigenvalue weighted by atomic mass is 31.2. The van der Waals surface area contributed by atoms with Gasteiger partial charge in [-0.25, -0.2) is 0 Å². The van der Waals surface area contributed by atoms with Gasteiger partial charge in [-0.1, -0.05) is 6.07 Å². The summed E-state index contributed by atoms with van der Waals surface area (Å²) in [4.78, 5) is 0. The zero-order valence-corrected chi connectivity index (χ0v) is 10.3. The van der Waals surface area contributed by atoms with Gasteiger partial charge in [0.15, 0.2) is 0 Å². The second-order valence-electron chi connectivity index (χ2n) is 4.84. The predicted molar refractivity (Wildman–Crippen MR) is 66.4 cm³/mol. The van der Waals surface area contributed by atoms with Crippen LogP contribution in [0.2, 0.25) is 0 Å². The average molecular weight is 234 g/mol. The first kappa shape index (κ1) is 10.2. The molecule has 1 atom stereocenters. The molecule has 0 spiro atoms. The third kappa shape index (κ3) is 1.36. The van der Waals surface area contributed by atoms with E-state index in [1.165, 1.54) is 22.0 Å². The van der Waals surface area contributed by atoms with Crippen LogP contribution in [0.1, 0.15) is 24.0 Å². The number of phenolic OH excluding ortho intramolecular Hbond substituents is 1. The van der Waals surface area contributed by atoms with Crippen molar-refractivity contribution >= 4 is 12.7 Å². The summed E-state index contributed by atoms with van der Waals surface area (Å²) < 4.78 is 12.3. The van der Waals surface area contributed by atoms with Crippen LogP contribution in [0.15, 0.2) is 23.5 Å². The number of hydrogen-bond acceptors (Lipinski definition) is 2. The quantitative estimate of drug-likeness (QED) is 0.698. The number of rotatable bonds is 0. The molecular weight excluding hydrogens is 219 g/mol. The summed E-state index contributed by atoms with van der Waals surface area (Å²) >= 11 is 0. The van der Waals surface area contributed by atoms with Gasteiger partial charge in [0.05, 0.1) is 0 Å². The first-order valence-electron chi connectivity index (χ1n) is 5.69. The molecule has 0 fully saturated rings. The lowest BCUT2D eigenvalue weighted by Crippen LogP contribution is -2.01. The van der Waals surface area contributed by atoms with E-state index < -0.39 is 7.14 Å². The minimum absolute atomic E-state index is 0.334. The number of aromatic hydroxyl groups is 1. The summed E-state index contributed by atoms with van der Waals surface area (Å²) in [5, 5.41) is 10.7. The van der Waals surface area contributed by atoms with Crippen molar-refractivity contribution in [3.8, 4) is 5.75 Å². The highest BCUT2D eigenvalue weighted by molar-refractivity contribution is 7.68. The Labute approximate surface area is 95.4 Å². The second-order valence-corrected chi connectivity index (χ2v) is 8.03. The lowest BCUT2D eigenvalue weighted by atomic mass is 9.89. The maximum absolute atomic E-state index is 12.3. The lowest BCUT2D eigenvalue weighted by Gasteiger charge is -2.20. The fourth-order valence-electron chi connectivity index (χ4n) is 2.90. The van der Waals surface area contributed by atoms with Gasteiger partial charge < -0.3 is 9.67 Å². The number of phenols is 1. The van der Waals surface area contributed by atoms with Crippen molar-refractivity contribution in [2.75, 3.05) is 12.8 Å². The van der Waals surface area contributed by atoms with Crippen LogP contribution in [0.4, 0.5) is 0 Å². The van der Waals surface area contributed by atoms with E-state index in [0.717, 1.165) is 25.4 Å². The van der Waals surface area contributed by atoms with Gasteiger partial charge in [-0.15, -0.1) is 0 Å². The van der Waals surface area contributed by atoms with E-state index in [1.807, 2.05) is 18.8 Å². The van der Waals surface area contributed by atoms with E-state index in [4.69, 9.17) is 0 Å². The van der Waals surface area contributed by atoms with Crippen LogP contribution in [-0.4, -0.2) is 17.9 Å². The highest BCUT2D eigenvalue weighted by Gasteiger charge is 2.34. The topological polar surface area (TPSA) is 37.3 Å². The average Bonchev–Trinajstić information content (AvgIpc) is 2.54. The number of allylic oxidation sites excluding steroid dienone is 2. The Bertz CT molecular complexity index is 543. The van der Waals surface area contributed by atoms with Gasteiger partial charge in [0.25, 0.3) is 0 Å². The minimum Gasteiger partial charge on any atom is -0.508 e. The standard InChI is InChI=1S/C13H15O2P/c1-16(15)7-6-12-11-4-3-10(14)8-9(11)2-5-13(12)16/h3-4,8,14H,2,5-7H2,1H3. The number of fused-ring (bicyclic) bond motifs is 2. The van der Waals surface area contributed by atoms with Gasteiger partial charge in [-0.2, -0.15) is 0 Å². The fraction of sp³-hybridized carbons (Fsp3) is 0.385. The SMILES string of the molecule is CP1(=O)CCC2=C1CCc1cc(O)ccc12. The molecule has 0 saturated carbocycles. The molecule has 16 heavy (non-hydrogen) atoms. The normalized spacial score (nSPS) is 27.8. The third-order valence-corrected chi connectivity index (χ3v) is 6.47. The number of hydrogen-bond donors (Lipinski definition) is 1. The highest BCUT2D eigenvalue weighted by Crippen LogP contribution is 2.63. The third-order valence-electron chi connectivity index (χ3n) is 3.75. The molecule has 0 saturated heterocycles. The summed E-state index contributed by atoms with van der Waals surface area (Å²) in [6, 6.07) is 5.55. The van der Waals surface area contributed by atoms with E-state index in [9.17, 15) is 9.67 Å². The Balaban J connectivity index is 2.20. The van der Waals surface area contributed by atoms with Crippen LogP contribution < -0.4 is 0 Å². The van der Waals surface area contributed by atoms with Gasteiger partial charge in [0.1, 0.15) is 12.9 Å². The van der Waals surface area contributed by atoms with Crippen LogP contribution in [0, 0.1) is 0 Å². The first-order valence-corrected chi connectivity index (χ1v) is 8.03. The molecule has 1 aliphatic carbocycles. The zero-order valence-electron chi connectivity index (χ0n) is 9.36. The fourth-order valence-corrected chi connectivity index (χ4v) is 5.21. The molecule has 2 aliphatic rings. The van der Waals surface area contributed by atoms with E-state index in [-0.39, 0.29) is 0 Å². The van der Waals surface area contributed by atoms with E-state index >= 15 is 0 Å². The van der Waals surface area contributed by atoms with Gasteiger partial charge >= 0.3 is 0 Å². The van der Waals surface area contributed by atoms with Crippen molar-refractivity contribution in [1.82, 2.24) is 0 Å². The van der Waals surface area contributed by atoms with Crippen LogP contribution in [0.25, 0.3) is 5.57 Å². The maximum Gasteiger partial charge on any atom is 0.115 e. The van der Waals surface area contributed by atoms with E-state index in [0.29, 0.717) is 5.75 Å². The molecular formula is C13H15O2P. The van der Waals surface area contributed by atoms with Crippen LogP contribution in [0.3, 0.4) is 0 Å². The number of aryl methyl sites for hydroxylation is 1. The van der Waals surface area contributed by atoms with Crippen molar-refractivity contribution in [2.45, 2.75) is 19.3 Å². The van der Waals surface area contributed by atoms with Crippen LogP contribution in [0.5, 0.6) is 5.75 Å². The molecule has 1 heterocycles. The molecule has 84 valence electrons. The van der Waals surface area contributed by atoms with Crippen molar-refractivity contribution in [3.05, 3.63) is 34.6 Å². The van der Waals surface area contributed by atoms with Gasteiger partial charge in [0, 0.05) is 6.16 Å². The van der Waals surface area contributed by atoms with Crippen LogP contribution in [-0.2, 0) is 11.0 Å². The van der Waals surface area contributed by atoms with Gasteiger partial charge in [-0.05, 0) is 60.1 Å². The Morgan fingerprint density at radius 1 is 1.25 bits per heavy atom. The first-order chi connectivity index (χ1) is 7.58. The molecule has 3 rings (SSSR count). The largest absolute Gasteiger partial charge is 0.508 e. The predicted octanol–water partition coefficient (Wildman–Crippen LogP) is 3.45. The smallest absolute Gasteiger partial charge is 0.115 e.